The van der Waals surface area contributed by atoms with Crippen molar-refractivity contribution in [2.45, 2.75) is 5.38 Å². The minimum Gasteiger partial charge on any atom is -0.496 e. The van der Waals surface area contributed by atoms with Crippen LogP contribution in [0.4, 0.5) is 0 Å². The molecule has 3 rings (SSSR count). The lowest BCUT2D eigenvalue weighted by Gasteiger charge is -2.19. The van der Waals surface area contributed by atoms with E-state index in [0.29, 0.717) is 13.2 Å². The standard InChI is InChI=1S/C14H13ClO3S/c1-16-10-7-13(19-8-10)14(15)9-2-3-11-12(6-9)18-5-4-17-11/h2-3,6-8,14H,4-5H2,1H3. The van der Waals surface area contributed by atoms with Gasteiger partial charge in [-0.3, -0.25) is 0 Å². The van der Waals surface area contributed by atoms with Gasteiger partial charge in [0.15, 0.2) is 11.5 Å². The van der Waals surface area contributed by atoms with E-state index in [9.17, 15) is 0 Å². The summed E-state index contributed by atoms with van der Waals surface area (Å²) >= 11 is 8.09. The first kappa shape index (κ1) is 12.6. The molecule has 0 bridgehead atoms. The average molecular weight is 297 g/mol. The molecule has 0 spiro atoms. The molecular weight excluding hydrogens is 284 g/mol. The van der Waals surface area contributed by atoms with Gasteiger partial charge in [-0.2, -0.15) is 0 Å². The average Bonchev–Trinajstić information content (AvgIpc) is 2.95. The van der Waals surface area contributed by atoms with E-state index in [1.54, 1.807) is 18.4 Å². The third-order valence-electron chi connectivity index (χ3n) is 2.94. The molecule has 0 N–H and O–H groups in total. The zero-order chi connectivity index (χ0) is 13.2. The Bertz CT molecular complexity index is 582. The Labute approximate surface area is 120 Å². The van der Waals surface area contributed by atoms with E-state index < -0.39 is 0 Å². The number of hydrogen-bond donors (Lipinski definition) is 0. The van der Waals surface area contributed by atoms with Crippen LogP contribution in [0.15, 0.2) is 29.6 Å². The first-order valence-electron chi connectivity index (χ1n) is 5.94. The number of benzene rings is 1. The molecule has 1 aliphatic rings. The SMILES string of the molecule is COc1csc(C(Cl)c2ccc3c(c2)OCCO3)c1. The van der Waals surface area contributed by atoms with Crippen molar-refractivity contribution in [3.05, 3.63) is 40.1 Å². The van der Waals surface area contributed by atoms with Crippen LogP contribution in [0, 0.1) is 0 Å². The molecular formula is C14H13ClO3S. The number of alkyl halides is 1. The second-order valence-electron chi connectivity index (χ2n) is 4.15. The highest BCUT2D eigenvalue weighted by Crippen LogP contribution is 2.39. The molecule has 0 radical (unpaired) electrons. The lowest BCUT2D eigenvalue weighted by molar-refractivity contribution is 0.171. The van der Waals surface area contributed by atoms with Crippen molar-refractivity contribution < 1.29 is 14.2 Å². The molecule has 1 unspecified atom stereocenters. The summed E-state index contributed by atoms with van der Waals surface area (Å²) in [7, 11) is 1.65. The summed E-state index contributed by atoms with van der Waals surface area (Å²) in [5.74, 6) is 2.38. The summed E-state index contributed by atoms with van der Waals surface area (Å²) in [6, 6.07) is 7.78. The zero-order valence-electron chi connectivity index (χ0n) is 10.4. The molecule has 3 nitrogen and oxygen atoms in total. The van der Waals surface area contributed by atoms with Crippen LogP contribution in [0.25, 0.3) is 0 Å². The van der Waals surface area contributed by atoms with Crippen molar-refractivity contribution in [1.29, 1.82) is 0 Å². The van der Waals surface area contributed by atoms with Crippen LogP contribution in [0.2, 0.25) is 0 Å². The molecule has 2 aromatic rings. The van der Waals surface area contributed by atoms with Gasteiger partial charge in [0, 0.05) is 10.3 Å². The molecule has 0 saturated heterocycles. The van der Waals surface area contributed by atoms with Gasteiger partial charge in [-0.1, -0.05) is 6.07 Å². The summed E-state index contributed by atoms with van der Waals surface area (Å²) < 4.78 is 16.3. The van der Waals surface area contributed by atoms with E-state index in [1.807, 2.05) is 29.6 Å². The molecule has 1 aromatic heterocycles. The Balaban J connectivity index is 1.88. The molecule has 2 heterocycles. The van der Waals surface area contributed by atoms with E-state index in [1.165, 1.54) is 0 Å². The Morgan fingerprint density at radius 2 is 2.00 bits per heavy atom. The van der Waals surface area contributed by atoms with Gasteiger partial charge in [0.25, 0.3) is 0 Å². The molecule has 1 aromatic carbocycles. The summed E-state index contributed by atoms with van der Waals surface area (Å²) in [6.45, 7) is 1.18. The molecule has 1 aliphatic heterocycles. The maximum Gasteiger partial charge on any atom is 0.161 e. The Morgan fingerprint density at radius 1 is 1.21 bits per heavy atom. The highest BCUT2D eigenvalue weighted by Gasteiger charge is 2.18. The van der Waals surface area contributed by atoms with Crippen LogP contribution in [-0.2, 0) is 0 Å². The molecule has 1 atom stereocenters. The third-order valence-corrected chi connectivity index (χ3v) is 4.53. The van der Waals surface area contributed by atoms with Crippen LogP contribution < -0.4 is 14.2 Å². The molecule has 0 aliphatic carbocycles. The fourth-order valence-electron chi connectivity index (χ4n) is 1.96. The highest BCUT2D eigenvalue weighted by molar-refractivity contribution is 7.10. The fourth-order valence-corrected chi connectivity index (χ4v) is 3.17. The van der Waals surface area contributed by atoms with E-state index in [-0.39, 0.29) is 5.38 Å². The molecule has 5 heteroatoms. The predicted octanol–water partition coefficient (Wildman–Crippen LogP) is 3.86. The van der Waals surface area contributed by atoms with E-state index >= 15 is 0 Å². The number of ether oxygens (including phenoxy) is 3. The number of halogens is 1. The van der Waals surface area contributed by atoms with Gasteiger partial charge in [0.05, 0.1) is 12.5 Å². The van der Waals surface area contributed by atoms with Crippen molar-refractivity contribution in [1.82, 2.24) is 0 Å². The molecule has 0 fully saturated rings. The number of hydrogen-bond acceptors (Lipinski definition) is 4. The fraction of sp³-hybridized carbons (Fsp3) is 0.286. The molecule has 0 saturated carbocycles. The Kier molecular flexibility index (Phi) is 3.53. The number of thiophene rings is 1. The largest absolute Gasteiger partial charge is 0.496 e. The summed E-state index contributed by atoms with van der Waals surface area (Å²) in [4.78, 5) is 1.05. The lowest BCUT2D eigenvalue weighted by atomic mass is 10.1. The van der Waals surface area contributed by atoms with Crippen molar-refractivity contribution in [3.63, 3.8) is 0 Å². The summed E-state index contributed by atoms with van der Waals surface area (Å²) in [5.41, 5.74) is 0.996. The second kappa shape index (κ2) is 5.31. The van der Waals surface area contributed by atoms with E-state index in [0.717, 1.165) is 27.7 Å². The van der Waals surface area contributed by atoms with E-state index in [4.69, 9.17) is 25.8 Å². The normalized spacial score (nSPS) is 15.1. The highest BCUT2D eigenvalue weighted by atomic mass is 35.5. The zero-order valence-corrected chi connectivity index (χ0v) is 12.0. The maximum atomic E-state index is 6.50. The van der Waals surface area contributed by atoms with Gasteiger partial charge < -0.3 is 14.2 Å². The second-order valence-corrected chi connectivity index (χ2v) is 5.53. The monoisotopic (exact) mass is 296 g/mol. The topological polar surface area (TPSA) is 27.7 Å². The van der Waals surface area contributed by atoms with Gasteiger partial charge in [-0.15, -0.1) is 22.9 Å². The smallest absolute Gasteiger partial charge is 0.161 e. The third kappa shape index (κ3) is 2.51. The molecule has 100 valence electrons. The van der Waals surface area contributed by atoms with Gasteiger partial charge in [-0.25, -0.2) is 0 Å². The van der Waals surface area contributed by atoms with Crippen molar-refractivity contribution >= 4 is 22.9 Å². The van der Waals surface area contributed by atoms with Crippen LogP contribution in [-0.4, -0.2) is 20.3 Å². The quantitative estimate of drug-likeness (QED) is 0.805. The van der Waals surface area contributed by atoms with Crippen LogP contribution in [0.5, 0.6) is 17.2 Å². The lowest BCUT2D eigenvalue weighted by Crippen LogP contribution is -2.15. The molecule has 0 amide bonds. The van der Waals surface area contributed by atoms with Gasteiger partial charge in [0.1, 0.15) is 19.0 Å². The van der Waals surface area contributed by atoms with Crippen LogP contribution in [0.3, 0.4) is 0 Å². The van der Waals surface area contributed by atoms with Crippen LogP contribution >= 0.6 is 22.9 Å². The Morgan fingerprint density at radius 3 is 2.74 bits per heavy atom. The first-order valence-corrected chi connectivity index (χ1v) is 7.25. The van der Waals surface area contributed by atoms with Crippen molar-refractivity contribution in [2.24, 2.45) is 0 Å². The number of rotatable bonds is 3. The van der Waals surface area contributed by atoms with Gasteiger partial charge >= 0.3 is 0 Å². The number of fused-ring (bicyclic) bond motifs is 1. The molecule has 19 heavy (non-hydrogen) atoms. The van der Waals surface area contributed by atoms with Gasteiger partial charge in [-0.05, 0) is 23.8 Å². The van der Waals surface area contributed by atoms with Crippen molar-refractivity contribution in [2.75, 3.05) is 20.3 Å². The summed E-state index contributed by atoms with van der Waals surface area (Å²) in [5, 5.41) is 1.74. The minimum absolute atomic E-state index is 0.204. The maximum absolute atomic E-state index is 6.50. The predicted molar refractivity (Wildman–Crippen MR) is 76.0 cm³/mol. The summed E-state index contributed by atoms with van der Waals surface area (Å²) in [6.07, 6.45) is 0. The van der Waals surface area contributed by atoms with Gasteiger partial charge in [0.2, 0.25) is 0 Å². The Hall–Kier alpha value is -1.39. The number of methoxy groups -OCH3 is 1. The first-order chi connectivity index (χ1) is 9.28. The minimum atomic E-state index is -0.204. The van der Waals surface area contributed by atoms with Crippen molar-refractivity contribution in [3.8, 4) is 17.2 Å². The van der Waals surface area contributed by atoms with E-state index in [2.05, 4.69) is 0 Å². The van der Waals surface area contributed by atoms with Crippen LogP contribution in [0.1, 0.15) is 15.8 Å².